The quantitative estimate of drug-likeness (QED) is 0.695. The maximum Gasteiger partial charge on any atom is 0.159 e. The maximum absolute atomic E-state index is 6.30. The summed E-state index contributed by atoms with van der Waals surface area (Å²) in [4.78, 5) is 4.70. The van der Waals surface area contributed by atoms with Crippen molar-refractivity contribution in [2.75, 3.05) is 0 Å². The van der Waals surface area contributed by atoms with Crippen LogP contribution in [0.2, 0.25) is 0 Å². The Balaban J connectivity index is 2.18. The van der Waals surface area contributed by atoms with E-state index in [1.807, 2.05) is 30.8 Å². The van der Waals surface area contributed by atoms with Gasteiger partial charge in [-0.25, -0.2) is 4.98 Å². The average molecular weight is 305 g/mol. The lowest BCUT2D eigenvalue weighted by molar-refractivity contribution is 0.669. The minimum atomic E-state index is -0.182. The second-order valence-corrected chi connectivity index (χ2v) is 5.64. The Morgan fingerprint density at radius 2 is 2.19 bits per heavy atom. The van der Waals surface area contributed by atoms with Crippen LogP contribution in [0.5, 0.6) is 0 Å². The van der Waals surface area contributed by atoms with Crippen molar-refractivity contribution in [1.82, 2.24) is 29.5 Å². The number of hydrogen-bond donors (Lipinski definition) is 0. The fraction of sp³-hybridized carbons (Fsp3) is 0.429. The molecule has 7 heteroatoms. The first-order valence-corrected chi connectivity index (χ1v) is 7.38. The second kappa shape index (κ2) is 5.44. The number of fused-ring (bicyclic) bond motifs is 1. The van der Waals surface area contributed by atoms with Gasteiger partial charge in [-0.1, -0.05) is 6.92 Å². The highest BCUT2D eigenvalue weighted by Gasteiger charge is 2.21. The Hall–Kier alpha value is -1.95. The van der Waals surface area contributed by atoms with E-state index in [1.54, 1.807) is 6.20 Å². The summed E-state index contributed by atoms with van der Waals surface area (Å²) < 4.78 is 3.93. The molecule has 1 unspecified atom stereocenters. The van der Waals surface area contributed by atoms with Crippen molar-refractivity contribution >= 4 is 22.8 Å². The summed E-state index contributed by atoms with van der Waals surface area (Å²) in [6, 6.07) is 3.82. The van der Waals surface area contributed by atoms with Crippen LogP contribution < -0.4 is 0 Å². The van der Waals surface area contributed by atoms with Crippen LogP contribution in [-0.2, 0) is 20.0 Å². The Labute approximate surface area is 127 Å². The largest absolute Gasteiger partial charge is 0.305 e. The Bertz CT molecular complexity index is 759. The van der Waals surface area contributed by atoms with E-state index in [2.05, 4.69) is 26.8 Å². The summed E-state index contributed by atoms with van der Waals surface area (Å²) in [5.41, 5.74) is 3.75. The molecule has 110 valence electrons. The third kappa shape index (κ3) is 2.40. The molecule has 0 aliphatic rings. The summed E-state index contributed by atoms with van der Waals surface area (Å²) in [6.07, 6.45) is 2.51. The van der Waals surface area contributed by atoms with Gasteiger partial charge >= 0.3 is 0 Å². The third-order valence-electron chi connectivity index (χ3n) is 3.46. The molecule has 1 atom stereocenters. The van der Waals surface area contributed by atoms with Gasteiger partial charge in [0.1, 0.15) is 11.3 Å². The third-order valence-corrected chi connectivity index (χ3v) is 3.65. The zero-order valence-electron chi connectivity index (χ0n) is 12.3. The molecular formula is C14H17ClN6. The Kier molecular flexibility index (Phi) is 3.63. The molecule has 0 amide bonds. The van der Waals surface area contributed by atoms with Gasteiger partial charge in [-0.15, -0.1) is 11.6 Å². The first-order chi connectivity index (χ1) is 10.1. The minimum Gasteiger partial charge on any atom is -0.305 e. The van der Waals surface area contributed by atoms with E-state index in [0.29, 0.717) is 6.54 Å². The van der Waals surface area contributed by atoms with Crippen LogP contribution in [0.4, 0.5) is 0 Å². The van der Waals surface area contributed by atoms with Crippen LogP contribution in [0.15, 0.2) is 18.3 Å². The van der Waals surface area contributed by atoms with Crippen molar-refractivity contribution < 1.29 is 0 Å². The van der Waals surface area contributed by atoms with Crippen LogP contribution in [-0.4, -0.2) is 29.5 Å². The van der Waals surface area contributed by atoms with E-state index in [0.717, 1.165) is 34.8 Å². The normalized spacial score (nSPS) is 13.0. The molecule has 0 bridgehead atoms. The van der Waals surface area contributed by atoms with Crippen molar-refractivity contribution in [2.24, 2.45) is 7.05 Å². The molecule has 0 saturated heterocycles. The number of halogens is 1. The Morgan fingerprint density at radius 3 is 2.81 bits per heavy atom. The van der Waals surface area contributed by atoms with Crippen LogP contribution in [0.25, 0.3) is 11.2 Å². The van der Waals surface area contributed by atoms with E-state index < -0.39 is 0 Å². The van der Waals surface area contributed by atoms with Crippen molar-refractivity contribution in [2.45, 2.75) is 32.2 Å². The molecule has 21 heavy (non-hydrogen) atoms. The van der Waals surface area contributed by atoms with E-state index in [-0.39, 0.29) is 5.38 Å². The highest BCUT2D eigenvalue weighted by atomic mass is 35.5. The molecule has 0 N–H and O–H groups in total. The smallest absolute Gasteiger partial charge is 0.159 e. The molecule has 0 aliphatic carbocycles. The molecule has 3 rings (SSSR count). The molecule has 0 saturated carbocycles. The predicted molar refractivity (Wildman–Crippen MR) is 81.3 cm³/mol. The minimum absolute atomic E-state index is 0.182. The van der Waals surface area contributed by atoms with Crippen LogP contribution in [0.3, 0.4) is 0 Å². The summed E-state index contributed by atoms with van der Waals surface area (Å²) in [5.74, 6) is 0.833. The molecule has 0 spiro atoms. The standard InChI is InChI=1S/C14H17ClN6/c1-4-11-12-14(20(3)19-11)21(13(17-12)9(2)15)8-10-6-5-7-16-18-10/h5-7,9H,4,8H2,1-3H3. The second-order valence-electron chi connectivity index (χ2n) is 4.98. The van der Waals surface area contributed by atoms with E-state index in [4.69, 9.17) is 16.6 Å². The first-order valence-electron chi connectivity index (χ1n) is 6.94. The highest BCUT2D eigenvalue weighted by molar-refractivity contribution is 6.20. The van der Waals surface area contributed by atoms with Gasteiger partial charge in [0.05, 0.1) is 23.3 Å². The SMILES string of the molecule is CCc1nn(C)c2c1nc(C(C)Cl)n2Cc1cccnn1. The number of alkyl halides is 1. The fourth-order valence-corrected chi connectivity index (χ4v) is 2.70. The van der Waals surface area contributed by atoms with Gasteiger partial charge in [0.2, 0.25) is 0 Å². The van der Waals surface area contributed by atoms with Gasteiger partial charge in [0.15, 0.2) is 5.65 Å². The highest BCUT2D eigenvalue weighted by Crippen LogP contribution is 2.27. The number of rotatable bonds is 4. The van der Waals surface area contributed by atoms with Crippen molar-refractivity contribution in [1.29, 1.82) is 0 Å². The van der Waals surface area contributed by atoms with Crippen LogP contribution in [0.1, 0.15) is 36.4 Å². The van der Waals surface area contributed by atoms with E-state index >= 15 is 0 Å². The predicted octanol–water partition coefficient (Wildman–Crippen LogP) is 2.47. The molecule has 0 aromatic carbocycles. The monoisotopic (exact) mass is 304 g/mol. The lowest BCUT2D eigenvalue weighted by Gasteiger charge is -2.10. The van der Waals surface area contributed by atoms with Gasteiger partial charge in [-0.3, -0.25) is 4.68 Å². The van der Waals surface area contributed by atoms with E-state index in [1.165, 1.54) is 0 Å². The number of imidazole rings is 1. The molecule has 0 radical (unpaired) electrons. The first kappa shape index (κ1) is 14.0. The summed E-state index contributed by atoms with van der Waals surface area (Å²) in [7, 11) is 1.93. The van der Waals surface area contributed by atoms with Gasteiger partial charge in [0, 0.05) is 13.2 Å². The molecule has 3 heterocycles. The molecule has 6 nitrogen and oxygen atoms in total. The summed E-state index contributed by atoms with van der Waals surface area (Å²) in [6.45, 7) is 4.58. The average Bonchev–Trinajstić information content (AvgIpc) is 2.99. The van der Waals surface area contributed by atoms with Gasteiger partial charge < -0.3 is 4.57 Å². The molecule has 0 fully saturated rings. The number of aryl methyl sites for hydroxylation is 2. The molecule has 0 aliphatic heterocycles. The number of hydrogen-bond acceptors (Lipinski definition) is 4. The van der Waals surface area contributed by atoms with Gasteiger partial charge in [-0.2, -0.15) is 15.3 Å². The van der Waals surface area contributed by atoms with Crippen LogP contribution >= 0.6 is 11.6 Å². The lowest BCUT2D eigenvalue weighted by atomic mass is 10.3. The molecule has 3 aromatic rings. The summed E-state index contributed by atoms with van der Waals surface area (Å²) in [5, 5.41) is 12.4. The number of nitrogens with zero attached hydrogens (tertiary/aromatic N) is 6. The number of aromatic nitrogens is 6. The van der Waals surface area contributed by atoms with Crippen molar-refractivity contribution in [3.8, 4) is 0 Å². The molecule has 3 aromatic heterocycles. The van der Waals surface area contributed by atoms with Crippen molar-refractivity contribution in [3.05, 3.63) is 35.5 Å². The topological polar surface area (TPSA) is 61.4 Å². The fourth-order valence-electron chi connectivity index (χ4n) is 2.54. The Morgan fingerprint density at radius 1 is 1.38 bits per heavy atom. The lowest BCUT2D eigenvalue weighted by Crippen LogP contribution is -2.10. The maximum atomic E-state index is 6.30. The summed E-state index contributed by atoms with van der Waals surface area (Å²) >= 11 is 6.30. The molecular weight excluding hydrogens is 288 g/mol. The zero-order valence-corrected chi connectivity index (χ0v) is 13.0. The van der Waals surface area contributed by atoms with Crippen LogP contribution in [0, 0.1) is 0 Å². The van der Waals surface area contributed by atoms with Crippen molar-refractivity contribution in [3.63, 3.8) is 0 Å². The van der Waals surface area contributed by atoms with Gasteiger partial charge in [0.25, 0.3) is 0 Å². The van der Waals surface area contributed by atoms with E-state index in [9.17, 15) is 0 Å². The van der Waals surface area contributed by atoms with Gasteiger partial charge in [-0.05, 0) is 25.5 Å². The zero-order chi connectivity index (χ0) is 15.0.